The second-order valence-electron chi connectivity index (χ2n) is 5.19. The molecule has 0 saturated carbocycles. The number of halogens is 1. The molecule has 0 atom stereocenters. The average molecular weight is 311 g/mol. The number of nitrogens with one attached hydrogen (secondary N) is 1. The van der Waals surface area contributed by atoms with Crippen LogP contribution >= 0.6 is 0 Å². The van der Waals surface area contributed by atoms with Gasteiger partial charge in [-0.2, -0.15) is 0 Å². The van der Waals surface area contributed by atoms with E-state index in [0.717, 1.165) is 36.0 Å². The number of hydrogen-bond donors (Lipinski definition) is 1. The lowest BCUT2D eigenvalue weighted by Gasteiger charge is -2.09. The standard InChI is InChI=1S/C18H18FN3O/c19-14-3-5-15(6-4-14)23-12-2-1-9-21-18-8-11-22-17-7-10-20-13-16(17)18/h3-8,10-11,13H,1-2,9,12H2,(H,21,22). The van der Waals surface area contributed by atoms with Crippen molar-refractivity contribution in [3.8, 4) is 5.75 Å². The zero-order valence-electron chi connectivity index (χ0n) is 12.7. The molecule has 0 amide bonds. The van der Waals surface area contributed by atoms with Crippen molar-refractivity contribution in [3.05, 3.63) is 60.8 Å². The molecule has 3 rings (SSSR count). The second-order valence-corrected chi connectivity index (χ2v) is 5.19. The molecule has 0 aliphatic heterocycles. The normalized spacial score (nSPS) is 10.7. The summed E-state index contributed by atoms with van der Waals surface area (Å²) in [5.74, 6) is 0.450. The molecular weight excluding hydrogens is 293 g/mol. The van der Waals surface area contributed by atoms with Gasteiger partial charge in [-0.3, -0.25) is 9.97 Å². The quantitative estimate of drug-likeness (QED) is 0.669. The lowest BCUT2D eigenvalue weighted by atomic mass is 10.2. The number of rotatable bonds is 7. The Bertz CT molecular complexity index is 756. The van der Waals surface area contributed by atoms with Crippen LogP contribution in [0.4, 0.5) is 10.1 Å². The number of aromatic nitrogens is 2. The highest BCUT2D eigenvalue weighted by Gasteiger charge is 2.01. The van der Waals surface area contributed by atoms with Crippen LogP contribution in [0.25, 0.3) is 10.9 Å². The molecule has 118 valence electrons. The van der Waals surface area contributed by atoms with E-state index in [9.17, 15) is 4.39 Å². The van der Waals surface area contributed by atoms with Gasteiger partial charge in [0, 0.05) is 36.2 Å². The molecule has 5 heteroatoms. The Morgan fingerprint density at radius 3 is 2.74 bits per heavy atom. The number of unbranched alkanes of at least 4 members (excludes halogenated alkanes) is 1. The highest BCUT2D eigenvalue weighted by Crippen LogP contribution is 2.19. The summed E-state index contributed by atoms with van der Waals surface area (Å²) in [6, 6.07) is 9.95. The minimum absolute atomic E-state index is 0.249. The predicted molar refractivity (Wildman–Crippen MR) is 89.2 cm³/mol. The highest BCUT2D eigenvalue weighted by molar-refractivity contribution is 5.89. The summed E-state index contributed by atoms with van der Waals surface area (Å²) in [6.45, 7) is 1.47. The van der Waals surface area contributed by atoms with E-state index < -0.39 is 0 Å². The van der Waals surface area contributed by atoms with Crippen LogP contribution in [0.5, 0.6) is 5.75 Å². The number of benzene rings is 1. The third-order valence-electron chi connectivity index (χ3n) is 3.51. The van der Waals surface area contributed by atoms with Crippen molar-refractivity contribution >= 4 is 16.6 Å². The Kier molecular flexibility index (Phi) is 4.99. The first-order valence-electron chi connectivity index (χ1n) is 7.64. The van der Waals surface area contributed by atoms with E-state index in [4.69, 9.17) is 4.74 Å². The summed E-state index contributed by atoms with van der Waals surface area (Å²) < 4.78 is 18.3. The van der Waals surface area contributed by atoms with Crippen LogP contribution in [-0.2, 0) is 0 Å². The lowest BCUT2D eigenvalue weighted by Crippen LogP contribution is -2.05. The molecule has 3 aromatic rings. The molecule has 0 saturated heterocycles. The Balaban J connectivity index is 1.42. The van der Waals surface area contributed by atoms with Gasteiger partial charge in [0.15, 0.2) is 0 Å². The van der Waals surface area contributed by atoms with E-state index >= 15 is 0 Å². The van der Waals surface area contributed by atoms with Gasteiger partial charge in [0.1, 0.15) is 11.6 Å². The molecule has 0 aliphatic rings. The van der Waals surface area contributed by atoms with E-state index in [2.05, 4.69) is 15.3 Å². The van der Waals surface area contributed by atoms with Crippen LogP contribution in [0, 0.1) is 5.82 Å². The topological polar surface area (TPSA) is 47.0 Å². The fourth-order valence-corrected chi connectivity index (χ4v) is 2.31. The number of hydrogen-bond acceptors (Lipinski definition) is 4. The summed E-state index contributed by atoms with van der Waals surface area (Å²) in [7, 11) is 0. The van der Waals surface area contributed by atoms with Crippen molar-refractivity contribution in [3.63, 3.8) is 0 Å². The molecule has 2 aromatic heterocycles. The van der Waals surface area contributed by atoms with Crippen LogP contribution in [0.2, 0.25) is 0 Å². The number of anilines is 1. The molecule has 2 heterocycles. The molecule has 1 aromatic carbocycles. The van der Waals surface area contributed by atoms with Gasteiger partial charge in [0.2, 0.25) is 0 Å². The van der Waals surface area contributed by atoms with E-state index in [1.165, 1.54) is 12.1 Å². The smallest absolute Gasteiger partial charge is 0.123 e. The summed E-state index contributed by atoms with van der Waals surface area (Å²) in [5.41, 5.74) is 1.98. The fourth-order valence-electron chi connectivity index (χ4n) is 2.31. The highest BCUT2D eigenvalue weighted by atomic mass is 19.1. The Morgan fingerprint density at radius 2 is 1.87 bits per heavy atom. The van der Waals surface area contributed by atoms with Gasteiger partial charge in [-0.15, -0.1) is 0 Å². The van der Waals surface area contributed by atoms with E-state index in [1.807, 2.05) is 18.3 Å². The van der Waals surface area contributed by atoms with Gasteiger partial charge in [-0.1, -0.05) is 0 Å². The largest absolute Gasteiger partial charge is 0.494 e. The van der Waals surface area contributed by atoms with Crippen molar-refractivity contribution in [2.24, 2.45) is 0 Å². The Morgan fingerprint density at radius 1 is 1.00 bits per heavy atom. The number of fused-ring (bicyclic) bond motifs is 1. The summed E-state index contributed by atoms with van der Waals surface area (Å²) in [4.78, 5) is 8.46. The summed E-state index contributed by atoms with van der Waals surface area (Å²) in [6.07, 6.45) is 7.26. The molecule has 0 aliphatic carbocycles. The first-order chi connectivity index (χ1) is 11.3. The summed E-state index contributed by atoms with van der Waals surface area (Å²) in [5, 5.41) is 4.43. The van der Waals surface area contributed by atoms with Crippen LogP contribution in [0.15, 0.2) is 55.0 Å². The fraction of sp³-hybridized carbons (Fsp3) is 0.222. The second kappa shape index (κ2) is 7.54. The first-order valence-corrected chi connectivity index (χ1v) is 7.64. The van der Waals surface area contributed by atoms with E-state index in [1.54, 1.807) is 24.5 Å². The minimum Gasteiger partial charge on any atom is -0.494 e. The van der Waals surface area contributed by atoms with Crippen molar-refractivity contribution in [2.45, 2.75) is 12.8 Å². The van der Waals surface area contributed by atoms with E-state index in [-0.39, 0.29) is 5.82 Å². The molecule has 23 heavy (non-hydrogen) atoms. The maximum Gasteiger partial charge on any atom is 0.123 e. The zero-order chi connectivity index (χ0) is 15.9. The SMILES string of the molecule is Fc1ccc(OCCCCNc2ccnc3ccncc23)cc1. The van der Waals surface area contributed by atoms with Crippen molar-refractivity contribution in [2.75, 3.05) is 18.5 Å². The van der Waals surface area contributed by atoms with Gasteiger partial charge in [-0.25, -0.2) is 4.39 Å². The van der Waals surface area contributed by atoms with Crippen LogP contribution in [-0.4, -0.2) is 23.1 Å². The van der Waals surface area contributed by atoms with Crippen molar-refractivity contribution in [1.29, 1.82) is 0 Å². The number of nitrogens with zero attached hydrogens (tertiary/aromatic N) is 2. The maximum atomic E-state index is 12.8. The molecule has 1 N–H and O–H groups in total. The third kappa shape index (κ3) is 4.16. The predicted octanol–water partition coefficient (Wildman–Crippen LogP) is 4.04. The van der Waals surface area contributed by atoms with Crippen molar-refractivity contribution in [1.82, 2.24) is 9.97 Å². The van der Waals surface area contributed by atoms with Gasteiger partial charge < -0.3 is 10.1 Å². The first kappa shape index (κ1) is 15.2. The van der Waals surface area contributed by atoms with Gasteiger partial charge >= 0.3 is 0 Å². The summed E-state index contributed by atoms with van der Waals surface area (Å²) >= 11 is 0. The van der Waals surface area contributed by atoms with Crippen LogP contribution < -0.4 is 10.1 Å². The maximum absolute atomic E-state index is 12.8. The average Bonchev–Trinajstić information content (AvgIpc) is 2.59. The van der Waals surface area contributed by atoms with E-state index in [0.29, 0.717) is 12.4 Å². The molecule has 0 radical (unpaired) electrons. The molecule has 0 fully saturated rings. The van der Waals surface area contributed by atoms with Gasteiger partial charge in [-0.05, 0) is 49.2 Å². The van der Waals surface area contributed by atoms with Crippen molar-refractivity contribution < 1.29 is 9.13 Å². The lowest BCUT2D eigenvalue weighted by molar-refractivity contribution is 0.308. The zero-order valence-corrected chi connectivity index (χ0v) is 12.7. The molecule has 0 bridgehead atoms. The van der Waals surface area contributed by atoms with Gasteiger partial charge in [0.25, 0.3) is 0 Å². The molecule has 0 unspecified atom stereocenters. The number of pyridine rings is 2. The monoisotopic (exact) mass is 311 g/mol. The minimum atomic E-state index is -0.249. The Labute approximate surface area is 134 Å². The molecule has 0 spiro atoms. The number of ether oxygens (including phenoxy) is 1. The molecular formula is C18H18FN3O. The Hall–Kier alpha value is -2.69. The van der Waals surface area contributed by atoms with Crippen LogP contribution in [0.1, 0.15) is 12.8 Å². The van der Waals surface area contributed by atoms with Crippen LogP contribution in [0.3, 0.4) is 0 Å². The van der Waals surface area contributed by atoms with Gasteiger partial charge in [0.05, 0.1) is 12.1 Å². The third-order valence-corrected chi connectivity index (χ3v) is 3.51. The molecule has 4 nitrogen and oxygen atoms in total.